The Balaban J connectivity index is 1.54. The van der Waals surface area contributed by atoms with Crippen molar-refractivity contribution < 1.29 is 14.3 Å². The third-order valence-electron chi connectivity index (χ3n) is 6.47. The minimum absolute atomic E-state index is 0.0361. The van der Waals surface area contributed by atoms with Gasteiger partial charge in [-0.2, -0.15) is 0 Å². The topological polar surface area (TPSA) is 49.3 Å². The lowest BCUT2D eigenvalue weighted by molar-refractivity contribution is -0.171. The number of benzene rings is 1. The smallest absolute Gasteiger partial charge is 0.251 e. The quantitative estimate of drug-likeness (QED) is 0.866. The van der Waals surface area contributed by atoms with Crippen LogP contribution in [0.3, 0.4) is 0 Å². The molecule has 2 N–H and O–H groups in total. The average Bonchev–Trinajstić information content (AvgIpc) is 2.43. The summed E-state index contributed by atoms with van der Waals surface area (Å²) < 4.78 is 13.5. The first-order valence-corrected chi connectivity index (χ1v) is 9.14. The molecule has 5 heteroatoms. The second-order valence-electron chi connectivity index (χ2n) is 8.40. The van der Waals surface area contributed by atoms with E-state index >= 15 is 0 Å². The van der Waals surface area contributed by atoms with Crippen molar-refractivity contribution in [3.63, 3.8) is 0 Å². The van der Waals surface area contributed by atoms with Gasteiger partial charge in [-0.1, -0.05) is 11.6 Å². The molecule has 3 unspecified atom stereocenters. The number of carbonyl (C=O) groups is 1. The molecule has 0 aliphatic heterocycles. The molecule has 5 rings (SSSR count). The summed E-state index contributed by atoms with van der Waals surface area (Å²) in [7, 11) is 0. The fraction of sp³-hybridized carbons (Fsp3) is 0.632. The van der Waals surface area contributed by atoms with E-state index in [0.717, 1.165) is 32.1 Å². The summed E-state index contributed by atoms with van der Waals surface area (Å²) in [5.41, 5.74) is -0.341. The first-order chi connectivity index (χ1) is 11.3. The van der Waals surface area contributed by atoms with Crippen LogP contribution in [-0.2, 0) is 0 Å². The van der Waals surface area contributed by atoms with Crippen LogP contribution in [0.5, 0.6) is 0 Å². The van der Waals surface area contributed by atoms with Gasteiger partial charge in [-0.3, -0.25) is 4.79 Å². The average molecular weight is 352 g/mol. The van der Waals surface area contributed by atoms with Crippen molar-refractivity contribution in [3.05, 3.63) is 34.6 Å². The molecule has 0 spiro atoms. The number of halogens is 2. The molecular formula is C19H23ClFNO2. The molecule has 4 aliphatic carbocycles. The second kappa shape index (κ2) is 5.43. The number of aliphatic hydroxyl groups is 1. The van der Waals surface area contributed by atoms with Gasteiger partial charge in [0.1, 0.15) is 5.82 Å². The molecule has 0 saturated heterocycles. The standard InChI is InChI=1S/C19H23ClFNO2/c1-11(22-17(23)14-3-15(20)5-16(21)4-14)18-6-12-2-13(7-18)9-19(24,8-12)10-18/h3-5,11-13,24H,2,6-10H2,1H3,(H,22,23). The van der Waals surface area contributed by atoms with E-state index in [4.69, 9.17) is 11.6 Å². The minimum atomic E-state index is -0.550. The fourth-order valence-corrected chi connectivity index (χ4v) is 6.13. The van der Waals surface area contributed by atoms with Crippen LogP contribution < -0.4 is 5.32 Å². The Hall–Kier alpha value is -1.13. The van der Waals surface area contributed by atoms with Gasteiger partial charge < -0.3 is 10.4 Å². The highest BCUT2D eigenvalue weighted by atomic mass is 35.5. The van der Waals surface area contributed by atoms with Gasteiger partial charge in [0.2, 0.25) is 0 Å². The van der Waals surface area contributed by atoms with E-state index in [9.17, 15) is 14.3 Å². The first kappa shape index (κ1) is 16.3. The molecule has 3 nitrogen and oxygen atoms in total. The van der Waals surface area contributed by atoms with Gasteiger partial charge in [0.05, 0.1) is 5.60 Å². The van der Waals surface area contributed by atoms with E-state index in [1.165, 1.54) is 24.6 Å². The predicted molar refractivity (Wildman–Crippen MR) is 90.4 cm³/mol. The molecule has 24 heavy (non-hydrogen) atoms. The number of hydrogen-bond donors (Lipinski definition) is 2. The molecule has 0 aromatic heterocycles. The molecule has 1 aromatic rings. The summed E-state index contributed by atoms with van der Waals surface area (Å²) in [6.45, 7) is 2.02. The SMILES string of the molecule is CC(NC(=O)c1cc(F)cc(Cl)c1)C12CC3CC(CC(O)(C3)C1)C2. The van der Waals surface area contributed by atoms with Gasteiger partial charge in [-0.05, 0) is 80.9 Å². The Morgan fingerprint density at radius 1 is 1.29 bits per heavy atom. The molecule has 1 aromatic carbocycles. The highest BCUT2D eigenvalue weighted by molar-refractivity contribution is 6.31. The van der Waals surface area contributed by atoms with Crippen molar-refractivity contribution in [1.29, 1.82) is 0 Å². The molecule has 4 fully saturated rings. The predicted octanol–water partition coefficient (Wildman–Crippen LogP) is 3.93. The Morgan fingerprint density at radius 2 is 1.96 bits per heavy atom. The van der Waals surface area contributed by atoms with Crippen LogP contribution in [0, 0.1) is 23.1 Å². The molecule has 0 radical (unpaired) electrons. The van der Waals surface area contributed by atoms with Crippen LogP contribution in [0.4, 0.5) is 4.39 Å². The van der Waals surface area contributed by atoms with Gasteiger partial charge >= 0.3 is 0 Å². The molecule has 0 heterocycles. The molecule has 4 aliphatic rings. The fourth-order valence-electron chi connectivity index (χ4n) is 5.91. The van der Waals surface area contributed by atoms with Crippen LogP contribution in [0.25, 0.3) is 0 Å². The Bertz CT molecular complexity index is 658. The first-order valence-electron chi connectivity index (χ1n) is 8.76. The number of hydrogen-bond acceptors (Lipinski definition) is 2. The Morgan fingerprint density at radius 3 is 2.54 bits per heavy atom. The lowest BCUT2D eigenvalue weighted by Crippen LogP contribution is -2.61. The van der Waals surface area contributed by atoms with E-state index in [0.29, 0.717) is 11.8 Å². The molecule has 4 saturated carbocycles. The van der Waals surface area contributed by atoms with E-state index in [1.807, 2.05) is 6.92 Å². The van der Waals surface area contributed by atoms with Crippen molar-refractivity contribution in [1.82, 2.24) is 5.32 Å². The zero-order valence-electron chi connectivity index (χ0n) is 13.8. The molecule has 130 valence electrons. The van der Waals surface area contributed by atoms with Gasteiger partial charge in [-0.15, -0.1) is 0 Å². The third-order valence-corrected chi connectivity index (χ3v) is 6.68. The maximum Gasteiger partial charge on any atom is 0.251 e. The Kier molecular flexibility index (Phi) is 3.70. The zero-order valence-corrected chi connectivity index (χ0v) is 14.6. The molecular weight excluding hydrogens is 329 g/mol. The normalized spacial score (nSPS) is 38.2. The number of carbonyl (C=O) groups excluding carboxylic acids is 1. The van der Waals surface area contributed by atoms with Crippen molar-refractivity contribution in [2.24, 2.45) is 17.3 Å². The second-order valence-corrected chi connectivity index (χ2v) is 8.84. The van der Waals surface area contributed by atoms with Gasteiger partial charge in [0.15, 0.2) is 0 Å². The third kappa shape index (κ3) is 2.74. The maximum absolute atomic E-state index is 13.5. The summed E-state index contributed by atoms with van der Waals surface area (Å²) in [4.78, 5) is 12.5. The van der Waals surface area contributed by atoms with Crippen molar-refractivity contribution >= 4 is 17.5 Å². The number of rotatable bonds is 3. The van der Waals surface area contributed by atoms with Crippen LogP contribution in [-0.4, -0.2) is 22.7 Å². The minimum Gasteiger partial charge on any atom is -0.390 e. The van der Waals surface area contributed by atoms with E-state index < -0.39 is 11.4 Å². The van der Waals surface area contributed by atoms with Gasteiger partial charge in [0, 0.05) is 16.6 Å². The summed E-state index contributed by atoms with van der Waals surface area (Å²) in [6.07, 6.45) is 5.92. The molecule has 3 atom stereocenters. The van der Waals surface area contributed by atoms with E-state index in [1.54, 1.807) is 0 Å². The Labute approximate surface area is 146 Å². The van der Waals surface area contributed by atoms with Crippen molar-refractivity contribution in [2.75, 3.05) is 0 Å². The van der Waals surface area contributed by atoms with Gasteiger partial charge in [-0.25, -0.2) is 4.39 Å². The summed E-state index contributed by atoms with van der Waals surface area (Å²) in [5.74, 6) is 0.328. The zero-order chi connectivity index (χ0) is 17.1. The van der Waals surface area contributed by atoms with Crippen molar-refractivity contribution in [3.8, 4) is 0 Å². The number of amides is 1. The maximum atomic E-state index is 13.5. The van der Waals surface area contributed by atoms with Crippen LogP contribution in [0.15, 0.2) is 18.2 Å². The van der Waals surface area contributed by atoms with Crippen LogP contribution in [0.2, 0.25) is 5.02 Å². The van der Waals surface area contributed by atoms with Gasteiger partial charge in [0.25, 0.3) is 5.91 Å². The summed E-state index contributed by atoms with van der Waals surface area (Å²) >= 11 is 5.85. The lowest BCUT2D eigenvalue weighted by atomic mass is 9.46. The van der Waals surface area contributed by atoms with E-state index in [2.05, 4.69) is 5.32 Å². The van der Waals surface area contributed by atoms with Crippen LogP contribution >= 0.6 is 11.6 Å². The summed E-state index contributed by atoms with van der Waals surface area (Å²) in [5, 5.41) is 14.1. The molecule has 1 amide bonds. The largest absolute Gasteiger partial charge is 0.390 e. The highest BCUT2D eigenvalue weighted by Gasteiger charge is 2.59. The number of nitrogens with one attached hydrogen (secondary N) is 1. The van der Waals surface area contributed by atoms with Crippen LogP contribution in [0.1, 0.15) is 55.8 Å². The summed E-state index contributed by atoms with van der Waals surface area (Å²) in [6, 6.07) is 3.83. The molecule has 4 bridgehead atoms. The van der Waals surface area contributed by atoms with Crippen molar-refractivity contribution in [2.45, 2.75) is 57.1 Å². The monoisotopic (exact) mass is 351 g/mol. The van der Waals surface area contributed by atoms with E-state index in [-0.39, 0.29) is 28.0 Å². The lowest BCUT2D eigenvalue weighted by Gasteiger charge is -2.62. The highest BCUT2D eigenvalue weighted by Crippen LogP contribution is 2.62.